The summed E-state index contributed by atoms with van der Waals surface area (Å²) in [7, 11) is 0. The Morgan fingerprint density at radius 3 is 1.38 bits per heavy atom. The third-order valence-electron chi connectivity index (χ3n) is 17.5. The molecular formula is C82H90N4OPt-2. The van der Waals surface area contributed by atoms with Crippen LogP contribution in [0.25, 0.3) is 83.4 Å². The molecule has 0 bridgehead atoms. The molecule has 0 aliphatic carbocycles. The molecule has 0 aliphatic heterocycles. The van der Waals surface area contributed by atoms with E-state index in [0.29, 0.717) is 11.5 Å². The second kappa shape index (κ2) is 22.6. The molecule has 456 valence electrons. The predicted octanol–water partition coefficient (Wildman–Crippen LogP) is 21.7. The molecule has 0 atom stereocenters. The van der Waals surface area contributed by atoms with Gasteiger partial charge in [0.1, 0.15) is 5.82 Å². The van der Waals surface area contributed by atoms with Gasteiger partial charge < -0.3 is 13.9 Å². The van der Waals surface area contributed by atoms with E-state index in [-0.39, 0.29) is 59.0 Å². The number of fused-ring (bicyclic) bond motifs is 4. The van der Waals surface area contributed by atoms with E-state index in [0.717, 1.165) is 66.7 Å². The Labute approximate surface area is 540 Å². The number of rotatable bonds is 8. The number of aromatic nitrogens is 4. The van der Waals surface area contributed by atoms with E-state index in [9.17, 15) is 0 Å². The van der Waals surface area contributed by atoms with Crippen LogP contribution in [0.5, 0.6) is 11.5 Å². The molecule has 5 nitrogen and oxygen atoms in total. The molecule has 0 radical (unpaired) electrons. The van der Waals surface area contributed by atoms with Crippen LogP contribution in [0.3, 0.4) is 0 Å². The van der Waals surface area contributed by atoms with Crippen LogP contribution in [0, 0.1) is 18.5 Å². The van der Waals surface area contributed by atoms with Gasteiger partial charge in [-0.05, 0) is 146 Å². The van der Waals surface area contributed by atoms with Gasteiger partial charge in [0.2, 0.25) is 0 Å². The maximum absolute atomic E-state index is 6.93. The van der Waals surface area contributed by atoms with E-state index in [4.69, 9.17) is 9.72 Å². The molecule has 3 aromatic heterocycles. The molecule has 0 saturated carbocycles. The molecule has 8 aromatic carbocycles. The molecule has 0 saturated heterocycles. The van der Waals surface area contributed by atoms with Crippen molar-refractivity contribution < 1.29 is 30.4 Å². The van der Waals surface area contributed by atoms with E-state index in [2.05, 4.69) is 323 Å². The zero-order chi connectivity index (χ0) is 62.7. The van der Waals surface area contributed by atoms with Crippen LogP contribution in [0.1, 0.15) is 184 Å². The van der Waals surface area contributed by atoms with Gasteiger partial charge in [0, 0.05) is 44.3 Å². The Morgan fingerprint density at radius 2 is 0.864 bits per heavy atom. The fraction of sp³-hybridized carbons (Fsp3) is 0.341. The van der Waals surface area contributed by atoms with E-state index in [1.807, 2.05) is 18.3 Å². The third kappa shape index (κ3) is 12.7. The molecule has 0 unspecified atom stereocenters. The van der Waals surface area contributed by atoms with E-state index in [1.165, 1.54) is 55.6 Å². The number of hydrogen-bond donors (Lipinski definition) is 0. The average molecular weight is 1340 g/mol. The standard InChI is InChI=1S/C82H90N4O.Pt/c1-76(2,3)56-36-37-83-74(48-56)86-70-31-23-22-28-68(70)69-34-33-65(50-72(69)86)87-64-27-24-26-63(49-64)84-51-85(71-35-32-52(44-73(71)84)53-38-57(77(4,5)6)45-58(39-53)78(7,8)9)75-66(54-40-59(79(10,11)12)46-60(41-54)80(13,14)15)29-25-30-67(75)55-42-61(81(16,17)18)47-62(43-55)82(19,20)21;/h22-48H,1-21H3;/q-2;. The number of para-hydroxylation sites is 2. The Balaban J connectivity index is 0.00000855. The van der Waals surface area contributed by atoms with E-state index in [1.54, 1.807) is 0 Å². The summed E-state index contributed by atoms with van der Waals surface area (Å²) in [6.45, 7) is 48.5. The minimum atomic E-state index is -0.0978. The first-order valence-corrected chi connectivity index (χ1v) is 31.3. The summed E-state index contributed by atoms with van der Waals surface area (Å²) in [5.74, 6) is 1.99. The van der Waals surface area contributed by atoms with Crippen LogP contribution in [-0.4, -0.2) is 14.1 Å². The zero-order valence-corrected chi connectivity index (χ0v) is 58.4. The molecule has 0 N–H and O–H groups in total. The van der Waals surface area contributed by atoms with Crippen molar-refractivity contribution in [1.29, 1.82) is 0 Å². The number of pyridine rings is 1. The van der Waals surface area contributed by atoms with Crippen LogP contribution in [-0.2, 0) is 59.0 Å². The van der Waals surface area contributed by atoms with Gasteiger partial charge in [0.05, 0.1) is 16.7 Å². The van der Waals surface area contributed by atoms with Crippen molar-refractivity contribution >= 4 is 32.8 Å². The first kappa shape index (κ1) is 63.7. The Morgan fingerprint density at radius 1 is 0.386 bits per heavy atom. The average Bonchev–Trinajstić information content (AvgIpc) is 1.65. The summed E-state index contributed by atoms with van der Waals surface area (Å²) in [6, 6.07) is 66.3. The first-order valence-electron chi connectivity index (χ1n) is 31.3. The van der Waals surface area contributed by atoms with Crippen LogP contribution in [0.2, 0.25) is 0 Å². The van der Waals surface area contributed by atoms with Crippen molar-refractivity contribution in [3.05, 3.63) is 221 Å². The quantitative estimate of drug-likeness (QED) is 0.112. The second-order valence-electron chi connectivity index (χ2n) is 31.7. The van der Waals surface area contributed by atoms with Gasteiger partial charge in [-0.2, -0.15) is 18.2 Å². The summed E-state index contributed by atoms with van der Waals surface area (Å²) in [5, 5.41) is 2.21. The van der Waals surface area contributed by atoms with Gasteiger partial charge >= 0.3 is 0 Å². The van der Waals surface area contributed by atoms with Gasteiger partial charge in [0.15, 0.2) is 0 Å². The summed E-state index contributed by atoms with van der Waals surface area (Å²) < 4.78 is 13.7. The molecule has 0 amide bonds. The van der Waals surface area contributed by atoms with Gasteiger partial charge in [-0.15, -0.1) is 29.7 Å². The maximum Gasteiger partial charge on any atom is 0.268 e. The third-order valence-corrected chi connectivity index (χ3v) is 17.5. The minimum Gasteiger partial charge on any atom is -0.510 e. The molecule has 0 fully saturated rings. The zero-order valence-electron chi connectivity index (χ0n) is 56.1. The maximum atomic E-state index is 6.93. The monoisotopic (exact) mass is 1340 g/mol. The molecule has 11 rings (SSSR count). The normalized spacial score (nSPS) is 13.0. The van der Waals surface area contributed by atoms with Crippen molar-refractivity contribution in [3.8, 4) is 62.1 Å². The van der Waals surface area contributed by atoms with Crippen molar-refractivity contribution in [2.24, 2.45) is 0 Å². The Bertz CT molecular complexity index is 4270. The minimum absolute atomic E-state index is 0. The predicted molar refractivity (Wildman–Crippen MR) is 367 cm³/mol. The molecular weight excluding hydrogens is 1250 g/mol. The molecule has 6 heteroatoms. The van der Waals surface area contributed by atoms with Gasteiger partial charge in [-0.25, -0.2) is 4.98 Å². The summed E-state index contributed by atoms with van der Waals surface area (Å²) >= 11 is 0. The number of hydrogen-bond acceptors (Lipinski definition) is 2. The van der Waals surface area contributed by atoms with Crippen molar-refractivity contribution in [2.75, 3.05) is 0 Å². The summed E-state index contributed by atoms with van der Waals surface area (Å²) in [6.07, 6.45) is 5.99. The molecule has 0 aliphatic rings. The number of nitrogens with zero attached hydrogens (tertiary/aromatic N) is 4. The number of imidazole rings is 1. The summed E-state index contributed by atoms with van der Waals surface area (Å²) in [5.41, 5.74) is 21.2. The van der Waals surface area contributed by atoms with E-state index >= 15 is 0 Å². The summed E-state index contributed by atoms with van der Waals surface area (Å²) in [4.78, 5) is 4.94. The smallest absolute Gasteiger partial charge is 0.268 e. The fourth-order valence-corrected chi connectivity index (χ4v) is 11.8. The first-order chi connectivity index (χ1) is 40.5. The molecule has 88 heavy (non-hydrogen) atoms. The van der Waals surface area contributed by atoms with Gasteiger partial charge in [0.25, 0.3) is 6.33 Å². The van der Waals surface area contributed by atoms with Crippen LogP contribution >= 0.6 is 0 Å². The largest absolute Gasteiger partial charge is 0.510 e. The number of benzene rings is 8. The Hall–Kier alpha value is -7.33. The van der Waals surface area contributed by atoms with Crippen LogP contribution in [0.15, 0.2) is 164 Å². The topological polar surface area (TPSA) is 35.9 Å². The van der Waals surface area contributed by atoms with Crippen LogP contribution in [0.4, 0.5) is 0 Å². The van der Waals surface area contributed by atoms with Crippen molar-refractivity contribution in [3.63, 3.8) is 0 Å². The molecule has 0 spiro atoms. The van der Waals surface area contributed by atoms with Gasteiger partial charge in [-0.3, -0.25) is 4.57 Å². The van der Waals surface area contributed by atoms with E-state index < -0.39 is 0 Å². The molecule has 11 aromatic rings. The SMILES string of the molecule is CC(C)(C)c1cc(-c2ccc3c(c2)n(-c2[c-]c(Oc4[c-]c5c(cc4)c4ccccc4n5-c4cc(C(C)(C)C)ccn4)ccc2)[c-][n+]3-c2c(-c3cc(C(C)(C)C)cc(C(C)(C)C)c3)cccc2-c2cc(C(C)(C)C)cc(C(C)(C)C)c2)cc(C(C)(C)C)c1.[Pt]. The van der Waals surface area contributed by atoms with Crippen LogP contribution < -0.4 is 9.30 Å². The van der Waals surface area contributed by atoms with Gasteiger partial charge in [-0.1, -0.05) is 254 Å². The van der Waals surface area contributed by atoms with Crippen molar-refractivity contribution in [1.82, 2.24) is 14.1 Å². The number of ether oxygens (including phenoxy) is 1. The van der Waals surface area contributed by atoms with Crippen molar-refractivity contribution in [2.45, 2.75) is 183 Å². The fourth-order valence-electron chi connectivity index (χ4n) is 11.8. The Kier molecular flexibility index (Phi) is 16.4. The second-order valence-corrected chi connectivity index (χ2v) is 31.7. The molecule has 3 heterocycles.